The topological polar surface area (TPSA) is 186 Å². The van der Waals surface area contributed by atoms with Crippen molar-refractivity contribution in [1.82, 2.24) is 5.32 Å². The number of guanidine groups is 1. The van der Waals surface area contributed by atoms with E-state index in [1.807, 2.05) is 6.92 Å². The molecule has 0 aromatic heterocycles. The van der Waals surface area contributed by atoms with Crippen molar-refractivity contribution in [2.24, 2.45) is 16.5 Å². The van der Waals surface area contributed by atoms with Crippen LogP contribution in [0.2, 0.25) is 0 Å². The molecular formula is C21H27N5O6S. The van der Waals surface area contributed by atoms with Gasteiger partial charge in [-0.2, -0.15) is 0 Å². The van der Waals surface area contributed by atoms with E-state index in [1.165, 1.54) is 30.3 Å². The second kappa shape index (κ2) is 11.7. The van der Waals surface area contributed by atoms with Gasteiger partial charge in [0.15, 0.2) is 5.96 Å². The van der Waals surface area contributed by atoms with Gasteiger partial charge in [0.2, 0.25) is 0 Å². The zero-order chi connectivity index (χ0) is 24.4. The normalized spacial score (nSPS) is 11.8. The minimum Gasteiger partial charge on any atom is -0.481 e. The van der Waals surface area contributed by atoms with Gasteiger partial charge >= 0.3 is 12.1 Å². The SMILES string of the molecule is CCCCOC(=O)NC(CC(=O)O)c1cccc(NS(=O)(=O)c2cccc(N=C(N)N)c2)c1. The first kappa shape index (κ1) is 25.5. The van der Waals surface area contributed by atoms with Crippen molar-refractivity contribution >= 4 is 39.4 Å². The summed E-state index contributed by atoms with van der Waals surface area (Å²) in [6, 6.07) is 10.8. The molecule has 2 rings (SSSR count). The van der Waals surface area contributed by atoms with Gasteiger partial charge in [-0.3, -0.25) is 9.52 Å². The van der Waals surface area contributed by atoms with Gasteiger partial charge in [0.25, 0.3) is 10.0 Å². The van der Waals surface area contributed by atoms with E-state index in [2.05, 4.69) is 15.0 Å². The number of sulfonamides is 1. The van der Waals surface area contributed by atoms with Crippen LogP contribution in [0.15, 0.2) is 58.4 Å². The Morgan fingerprint density at radius 3 is 2.55 bits per heavy atom. The van der Waals surface area contributed by atoms with Crippen LogP contribution in [0.25, 0.3) is 0 Å². The Bertz CT molecular complexity index is 1120. The molecule has 0 spiro atoms. The van der Waals surface area contributed by atoms with Gasteiger partial charge < -0.3 is 26.6 Å². The van der Waals surface area contributed by atoms with E-state index in [0.717, 1.165) is 6.42 Å². The average Bonchev–Trinajstić information content (AvgIpc) is 2.73. The van der Waals surface area contributed by atoms with Crippen LogP contribution >= 0.6 is 0 Å². The number of unbranched alkanes of at least 4 members (excludes halogenated alkanes) is 1. The number of carboxylic acid groups (broad SMARTS) is 1. The highest BCUT2D eigenvalue weighted by molar-refractivity contribution is 7.92. The summed E-state index contributed by atoms with van der Waals surface area (Å²) in [6.45, 7) is 2.15. The number of rotatable bonds is 11. The molecule has 2 aromatic rings. The van der Waals surface area contributed by atoms with Crippen LogP contribution in [-0.4, -0.2) is 38.2 Å². The second-order valence-electron chi connectivity index (χ2n) is 7.05. The Labute approximate surface area is 191 Å². The molecule has 0 aliphatic rings. The van der Waals surface area contributed by atoms with Crippen molar-refractivity contribution in [3.63, 3.8) is 0 Å². The maximum atomic E-state index is 12.8. The number of aliphatic imine (C=N–C) groups is 1. The van der Waals surface area contributed by atoms with Gasteiger partial charge in [-0.05, 0) is 42.3 Å². The molecule has 0 bridgehead atoms. The van der Waals surface area contributed by atoms with Crippen LogP contribution in [0.3, 0.4) is 0 Å². The highest BCUT2D eigenvalue weighted by atomic mass is 32.2. The Morgan fingerprint density at radius 1 is 1.15 bits per heavy atom. The molecule has 11 nitrogen and oxygen atoms in total. The van der Waals surface area contributed by atoms with Crippen LogP contribution < -0.4 is 21.5 Å². The molecule has 0 fully saturated rings. The number of hydrogen-bond acceptors (Lipinski definition) is 6. The van der Waals surface area contributed by atoms with E-state index in [4.69, 9.17) is 16.2 Å². The van der Waals surface area contributed by atoms with Crippen molar-refractivity contribution in [1.29, 1.82) is 0 Å². The third-order valence-electron chi connectivity index (χ3n) is 4.33. The fraction of sp³-hybridized carbons (Fsp3) is 0.286. The molecule has 0 aliphatic heterocycles. The van der Waals surface area contributed by atoms with Crippen LogP contribution in [0, 0.1) is 0 Å². The molecule has 12 heteroatoms. The van der Waals surface area contributed by atoms with E-state index in [9.17, 15) is 23.1 Å². The lowest BCUT2D eigenvalue weighted by Crippen LogP contribution is -2.31. The van der Waals surface area contributed by atoms with Crippen molar-refractivity contribution in [3.05, 3.63) is 54.1 Å². The van der Waals surface area contributed by atoms with Crippen LogP contribution in [-0.2, 0) is 19.6 Å². The summed E-state index contributed by atoms with van der Waals surface area (Å²) in [5.41, 5.74) is 11.5. The summed E-state index contributed by atoms with van der Waals surface area (Å²) in [5.74, 6) is -1.35. The summed E-state index contributed by atoms with van der Waals surface area (Å²) >= 11 is 0. The van der Waals surface area contributed by atoms with Crippen molar-refractivity contribution < 1.29 is 27.9 Å². The number of alkyl carbamates (subject to hydrolysis) is 1. The number of carbonyl (C=O) groups is 2. The lowest BCUT2D eigenvalue weighted by Gasteiger charge is -2.18. The number of aliphatic carboxylic acids is 1. The Balaban J connectivity index is 2.24. The molecule has 0 radical (unpaired) electrons. The fourth-order valence-corrected chi connectivity index (χ4v) is 3.91. The number of amides is 1. The molecule has 33 heavy (non-hydrogen) atoms. The fourth-order valence-electron chi connectivity index (χ4n) is 2.82. The smallest absolute Gasteiger partial charge is 0.407 e. The third kappa shape index (κ3) is 8.33. The minimum absolute atomic E-state index is 0.0740. The predicted octanol–water partition coefficient (Wildman–Crippen LogP) is 2.43. The zero-order valence-electron chi connectivity index (χ0n) is 18.0. The molecule has 1 unspecified atom stereocenters. The number of carbonyl (C=O) groups excluding carboxylic acids is 1. The van der Waals surface area contributed by atoms with Gasteiger partial charge in [0.1, 0.15) is 0 Å². The van der Waals surface area contributed by atoms with Gasteiger partial charge in [-0.1, -0.05) is 31.5 Å². The van der Waals surface area contributed by atoms with Gasteiger partial charge in [0.05, 0.1) is 29.7 Å². The monoisotopic (exact) mass is 477 g/mol. The lowest BCUT2D eigenvalue weighted by molar-refractivity contribution is -0.137. The number of hydrogen-bond donors (Lipinski definition) is 5. The van der Waals surface area contributed by atoms with Crippen LogP contribution in [0.5, 0.6) is 0 Å². The predicted molar refractivity (Wildman–Crippen MR) is 124 cm³/mol. The number of nitrogens with two attached hydrogens (primary N) is 2. The summed E-state index contributed by atoms with van der Waals surface area (Å²) in [5, 5.41) is 11.7. The maximum absolute atomic E-state index is 12.8. The quantitative estimate of drug-likeness (QED) is 0.185. The molecule has 1 atom stereocenters. The molecule has 2 aromatic carbocycles. The van der Waals surface area contributed by atoms with Crippen LogP contribution in [0.4, 0.5) is 16.2 Å². The molecular weight excluding hydrogens is 450 g/mol. The summed E-state index contributed by atoms with van der Waals surface area (Å²) in [6.07, 6.45) is 0.346. The number of carboxylic acids is 1. The molecule has 1 amide bonds. The zero-order valence-corrected chi connectivity index (χ0v) is 18.8. The molecule has 0 heterocycles. The Hall–Kier alpha value is -3.80. The van der Waals surface area contributed by atoms with E-state index in [0.29, 0.717) is 12.0 Å². The lowest BCUT2D eigenvalue weighted by atomic mass is 10.0. The van der Waals surface area contributed by atoms with E-state index in [1.54, 1.807) is 18.2 Å². The van der Waals surface area contributed by atoms with E-state index < -0.39 is 34.5 Å². The standard InChI is InChI=1S/C21H27N5O6S/c1-2-3-10-32-21(29)25-18(13-19(27)28)14-6-4-8-16(11-14)26-33(30,31)17-9-5-7-15(12-17)24-20(22)23/h4-9,11-12,18,26H,2-3,10,13H2,1H3,(H,25,29)(H,27,28)(H4,22,23,24). The average molecular weight is 478 g/mol. The number of anilines is 1. The Kier molecular flexibility index (Phi) is 9.04. The maximum Gasteiger partial charge on any atom is 0.407 e. The molecule has 178 valence electrons. The van der Waals surface area contributed by atoms with E-state index >= 15 is 0 Å². The van der Waals surface area contributed by atoms with Crippen LogP contribution in [0.1, 0.15) is 37.8 Å². The van der Waals surface area contributed by atoms with Gasteiger partial charge in [-0.25, -0.2) is 18.2 Å². The number of nitrogens with zero attached hydrogens (tertiary/aromatic N) is 1. The number of benzene rings is 2. The van der Waals surface area contributed by atoms with Crippen molar-refractivity contribution in [2.75, 3.05) is 11.3 Å². The molecule has 0 saturated carbocycles. The molecule has 0 saturated heterocycles. The first-order valence-corrected chi connectivity index (χ1v) is 11.6. The van der Waals surface area contributed by atoms with Gasteiger partial charge in [-0.15, -0.1) is 0 Å². The second-order valence-corrected chi connectivity index (χ2v) is 8.73. The van der Waals surface area contributed by atoms with E-state index in [-0.39, 0.29) is 28.8 Å². The van der Waals surface area contributed by atoms with Crippen molar-refractivity contribution in [3.8, 4) is 0 Å². The largest absolute Gasteiger partial charge is 0.481 e. The van der Waals surface area contributed by atoms with Crippen molar-refractivity contribution in [2.45, 2.75) is 37.1 Å². The highest BCUT2D eigenvalue weighted by Gasteiger charge is 2.21. The highest BCUT2D eigenvalue weighted by Crippen LogP contribution is 2.24. The Morgan fingerprint density at radius 2 is 1.88 bits per heavy atom. The summed E-state index contributed by atoms with van der Waals surface area (Å²) in [7, 11) is -4.00. The first-order valence-electron chi connectivity index (χ1n) is 10.1. The third-order valence-corrected chi connectivity index (χ3v) is 5.71. The number of nitrogens with one attached hydrogen (secondary N) is 2. The minimum atomic E-state index is -4.00. The number of ether oxygens (including phenoxy) is 1. The first-order chi connectivity index (χ1) is 15.6. The molecule has 0 aliphatic carbocycles. The summed E-state index contributed by atoms with van der Waals surface area (Å²) < 4.78 is 33.1. The van der Waals surface area contributed by atoms with Gasteiger partial charge in [0, 0.05) is 5.69 Å². The molecule has 7 N–H and O–H groups in total. The summed E-state index contributed by atoms with van der Waals surface area (Å²) in [4.78, 5) is 27.1.